The molecule has 0 saturated heterocycles. The molecule has 3 aromatic rings. The van der Waals surface area contributed by atoms with Crippen molar-refractivity contribution in [3.8, 4) is 0 Å². The Bertz CT molecular complexity index is 943. The number of hydrogen-bond acceptors (Lipinski definition) is 5. The van der Waals surface area contributed by atoms with Gasteiger partial charge in [-0.2, -0.15) is 0 Å². The normalized spacial score (nSPS) is 10.5. The van der Waals surface area contributed by atoms with Crippen LogP contribution in [0.2, 0.25) is 0 Å². The van der Waals surface area contributed by atoms with Crippen LogP contribution in [-0.2, 0) is 5.75 Å². The number of thioether (sulfide) groups is 1. The summed E-state index contributed by atoms with van der Waals surface area (Å²) < 4.78 is 19.1. The summed E-state index contributed by atoms with van der Waals surface area (Å²) in [5.74, 6) is -0.908. The molecular weight excluding hydrogens is 359 g/mol. The highest BCUT2D eigenvalue weighted by molar-refractivity contribution is 7.98. The topological polar surface area (TPSA) is 85.4 Å². The van der Waals surface area contributed by atoms with Crippen LogP contribution >= 0.6 is 11.8 Å². The van der Waals surface area contributed by atoms with Crippen LogP contribution < -0.4 is 5.32 Å². The van der Waals surface area contributed by atoms with Crippen molar-refractivity contribution in [1.82, 2.24) is 0 Å². The van der Waals surface area contributed by atoms with E-state index in [0.717, 1.165) is 23.1 Å². The largest absolute Gasteiger partial charge is 0.459 e. The van der Waals surface area contributed by atoms with E-state index >= 15 is 0 Å². The van der Waals surface area contributed by atoms with Gasteiger partial charge in [-0.25, -0.2) is 4.39 Å². The minimum atomic E-state index is -0.768. The van der Waals surface area contributed by atoms with Crippen LogP contribution in [0.4, 0.5) is 15.8 Å². The highest BCUT2D eigenvalue weighted by atomic mass is 32.2. The minimum Gasteiger partial charge on any atom is -0.459 e. The molecular formula is C18H13FN2O4S. The first-order chi connectivity index (χ1) is 12.5. The van der Waals surface area contributed by atoms with Crippen molar-refractivity contribution in [2.45, 2.75) is 10.6 Å². The van der Waals surface area contributed by atoms with Gasteiger partial charge < -0.3 is 9.73 Å². The summed E-state index contributed by atoms with van der Waals surface area (Å²) in [5, 5.41) is 13.1. The number of amides is 1. The molecule has 0 bridgehead atoms. The van der Waals surface area contributed by atoms with E-state index in [-0.39, 0.29) is 17.1 Å². The Morgan fingerprint density at radius 3 is 2.69 bits per heavy atom. The number of halogens is 1. The average Bonchev–Trinajstić information content (AvgIpc) is 3.11. The summed E-state index contributed by atoms with van der Waals surface area (Å²) in [5.41, 5.74) is 0.0467. The van der Waals surface area contributed by atoms with Crippen molar-refractivity contribution in [3.63, 3.8) is 0 Å². The van der Waals surface area contributed by atoms with Crippen LogP contribution in [0.5, 0.6) is 0 Å². The molecule has 1 N–H and O–H groups in total. The molecule has 0 saturated carbocycles. The van der Waals surface area contributed by atoms with Crippen molar-refractivity contribution in [2.24, 2.45) is 0 Å². The molecule has 3 rings (SSSR count). The van der Waals surface area contributed by atoms with Crippen LogP contribution in [0.1, 0.15) is 16.1 Å². The van der Waals surface area contributed by atoms with Gasteiger partial charge in [0.15, 0.2) is 5.76 Å². The molecule has 1 amide bonds. The fourth-order valence-corrected chi connectivity index (χ4v) is 3.13. The fourth-order valence-electron chi connectivity index (χ4n) is 2.23. The number of nitro groups is 1. The lowest BCUT2D eigenvalue weighted by atomic mass is 10.2. The zero-order valence-corrected chi connectivity index (χ0v) is 14.2. The van der Waals surface area contributed by atoms with Crippen molar-refractivity contribution >= 4 is 29.0 Å². The van der Waals surface area contributed by atoms with Gasteiger partial charge >= 0.3 is 0 Å². The third-order valence-corrected chi connectivity index (χ3v) is 4.56. The Hall–Kier alpha value is -3.13. The molecule has 0 atom stereocenters. The predicted octanol–water partition coefficient (Wildman–Crippen LogP) is 4.87. The number of hydrogen-bond donors (Lipinski definition) is 1. The molecule has 6 nitrogen and oxygen atoms in total. The summed E-state index contributed by atoms with van der Waals surface area (Å²) in [6.45, 7) is 0. The number of nitro benzene ring substituents is 1. The van der Waals surface area contributed by atoms with Gasteiger partial charge in [0.2, 0.25) is 0 Å². The van der Waals surface area contributed by atoms with Crippen LogP contribution in [0.15, 0.2) is 70.2 Å². The Kier molecular flexibility index (Phi) is 5.33. The molecule has 0 radical (unpaired) electrons. The molecule has 0 aliphatic rings. The smallest absolute Gasteiger partial charge is 0.291 e. The van der Waals surface area contributed by atoms with E-state index < -0.39 is 16.6 Å². The number of anilines is 1. The molecule has 132 valence electrons. The van der Waals surface area contributed by atoms with Crippen LogP contribution in [0.3, 0.4) is 0 Å². The second kappa shape index (κ2) is 7.83. The van der Waals surface area contributed by atoms with Crippen LogP contribution in [-0.4, -0.2) is 10.8 Å². The van der Waals surface area contributed by atoms with Crippen LogP contribution in [0.25, 0.3) is 0 Å². The van der Waals surface area contributed by atoms with E-state index in [1.807, 2.05) is 30.3 Å². The van der Waals surface area contributed by atoms with E-state index in [9.17, 15) is 19.3 Å². The lowest BCUT2D eigenvalue weighted by molar-refractivity contribution is -0.384. The van der Waals surface area contributed by atoms with Gasteiger partial charge in [0, 0.05) is 28.3 Å². The summed E-state index contributed by atoms with van der Waals surface area (Å²) in [6, 6.07) is 14.2. The summed E-state index contributed by atoms with van der Waals surface area (Å²) in [4.78, 5) is 23.6. The van der Waals surface area contributed by atoms with Gasteiger partial charge in [-0.3, -0.25) is 14.9 Å². The third-order valence-electron chi connectivity index (χ3n) is 3.50. The lowest BCUT2D eigenvalue weighted by Gasteiger charge is -2.06. The van der Waals surface area contributed by atoms with Crippen molar-refractivity contribution in [1.29, 1.82) is 0 Å². The molecule has 1 heterocycles. The van der Waals surface area contributed by atoms with Crippen molar-refractivity contribution < 1.29 is 18.5 Å². The number of benzene rings is 2. The number of nitrogens with zero attached hydrogens (tertiary/aromatic N) is 1. The number of non-ortho nitro benzene ring substituents is 1. The van der Waals surface area contributed by atoms with Crippen molar-refractivity contribution in [2.75, 3.05) is 5.32 Å². The number of nitrogens with one attached hydrogen (secondary N) is 1. The summed E-state index contributed by atoms with van der Waals surface area (Å²) in [7, 11) is 0. The number of carbonyl (C=O) groups excluding carboxylic acids is 1. The Labute approximate surface area is 152 Å². The molecule has 1 aromatic heterocycles. The Morgan fingerprint density at radius 1 is 1.19 bits per heavy atom. The third kappa shape index (κ3) is 4.09. The first-order valence-electron chi connectivity index (χ1n) is 7.54. The molecule has 0 unspecified atom stereocenters. The van der Waals surface area contributed by atoms with E-state index in [1.54, 1.807) is 6.07 Å². The predicted molar refractivity (Wildman–Crippen MR) is 95.7 cm³/mol. The van der Waals surface area contributed by atoms with Crippen LogP contribution in [0, 0.1) is 15.9 Å². The fraction of sp³-hybridized carbons (Fsp3) is 0.0556. The molecule has 0 aliphatic carbocycles. The van der Waals surface area contributed by atoms with E-state index in [1.165, 1.54) is 18.0 Å². The maximum absolute atomic E-state index is 13.8. The Balaban J connectivity index is 1.74. The molecule has 2 aromatic carbocycles. The molecule has 0 spiro atoms. The average molecular weight is 372 g/mol. The number of carbonyl (C=O) groups is 1. The van der Waals surface area contributed by atoms with Gasteiger partial charge in [-0.15, -0.1) is 11.8 Å². The second-order valence-corrected chi connectivity index (χ2v) is 6.30. The maximum atomic E-state index is 13.8. The monoisotopic (exact) mass is 372 g/mol. The highest BCUT2D eigenvalue weighted by Gasteiger charge is 2.19. The quantitative estimate of drug-likeness (QED) is 0.379. The highest BCUT2D eigenvalue weighted by Crippen LogP contribution is 2.26. The first kappa shape index (κ1) is 17.7. The summed E-state index contributed by atoms with van der Waals surface area (Å²) >= 11 is 1.52. The molecule has 0 fully saturated rings. The van der Waals surface area contributed by atoms with Gasteiger partial charge in [0.1, 0.15) is 5.82 Å². The van der Waals surface area contributed by atoms with Gasteiger partial charge in [0.05, 0.1) is 16.9 Å². The van der Waals surface area contributed by atoms with Gasteiger partial charge in [0.25, 0.3) is 11.6 Å². The number of furan rings is 1. The zero-order chi connectivity index (χ0) is 18.5. The van der Waals surface area contributed by atoms with Gasteiger partial charge in [-0.1, -0.05) is 18.2 Å². The van der Waals surface area contributed by atoms with E-state index in [0.29, 0.717) is 11.3 Å². The molecule has 26 heavy (non-hydrogen) atoms. The molecule has 8 heteroatoms. The lowest BCUT2D eigenvalue weighted by Crippen LogP contribution is -2.14. The first-order valence-corrected chi connectivity index (χ1v) is 8.52. The second-order valence-electron chi connectivity index (χ2n) is 5.25. The maximum Gasteiger partial charge on any atom is 0.291 e. The zero-order valence-electron chi connectivity index (χ0n) is 13.3. The molecule has 0 aliphatic heterocycles. The number of rotatable bonds is 6. The van der Waals surface area contributed by atoms with E-state index in [4.69, 9.17) is 4.42 Å². The van der Waals surface area contributed by atoms with Gasteiger partial charge in [-0.05, 0) is 24.3 Å². The van der Waals surface area contributed by atoms with E-state index in [2.05, 4.69) is 5.32 Å². The Morgan fingerprint density at radius 2 is 1.96 bits per heavy atom. The standard InChI is InChI=1S/C18H13FN2O4S/c19-15-7-6-13(21(23)24)10-16(15)20-18(22)17-12(8-9-25-17)11-26-14-4-2-1-3-5-14/h1-10H,11H2,(H,20,22). The summed E-state index contributed by atoms with van der Waals surface area (Å²) in [6.07, 6.45) is 1.37. The van der Waals surface area contributed by atoms with Crippen molar-refractivity contribution in [3.05, 3.63) is 88.1 Å². The minimum absolute atomic E-state index is 0.0411. The SMILES string of the molecule is O=C(Nc1cc([N+](=O)[O-])ccc1F)c1occc1CSc1ccccc1.